The van der Waals surface area contributed by atoms with Gasteiger partial charge in [0.05, 0.1) is 19.4 Å². The molecule has 2 aromatic heterocycles. The van der Waals surface area contributed by atoms with E-state index in [0.717, 1.165) is 50.1 Å². The van der Waals surface area contributed by atoms with Gasteiger partial charge in [0.15, 0.2) is 0 Å². The second kappa shape index (κ2) is 5.72. The van der Waals surface area contributed by atoms with E-state index in [1.165, 1.54) is 5.56 Å². The van der Waals surface area contributed by atoms with Crippen LogP contribution in [0.3, 0.4) is 0 Å². The van der Waals surface area contributed by atoms with Crippen molar-refractivity contribution in [2.24, 2.45) is 0 Å². The largest absolute Gasteiger partial charge is 0.480 e. The number of aromatic nitrogens is 1. The molecule has 3 heterocycles. The third-order valence-electron chi connectivity index (χ3n) is 4.82. The Labute approximate surface area is 135 Å². The van der Waals surface area contributed by atoms with Crippen LogP contribution in [0.1, 0.15) is 52.7 Å². The third kappa shape index (κ3) is 2.40. The Balaban J connectivity index is 1.69. The van der Waals surface area contributed by atoms with E-state index < -0.39 is 0 Å². The van der Waals surface area contributed by atoms with Crippen molar-refractivity contribution in [1.29, 1.82) is 0 Å². The molecular formula is C18H20N2O3. The van der Waals surface area contributed by atoms with Crippen molar-refractivity contribution in [3.8, 4) is 5.88 Å². The minimum absolute atomic E-state index is 0.00969. The smallest absolute Gasteiger partial charge is 0.259 e. The van der Waals surface area contributed by atoms with Crippen LogP contribution in [-0.2, 0) is 12.8 Å². The topological polar surface area (TPSA) is 55.6 Å². The molecule has 23 heavy (non-hydrogen) atoms. The van der Waals surface area contributed by atoms with Crippen molar-refractivity contribution < 1.29 is 13.9 Å². The maximum Gasteiger partial charge on any atom is 0.259 e. The number of hydrogen-bond donors (Lipinski definition) is 0. The number of hydrogen-bond acceptors (Lipinski definition) is 4. The molecule has 1 aliphatic heterocycles. The van der Waals surface area contributed by atoms with E-state index in [2.05, 4.69) is 4.98 Å². The Morgan fingerprint density at radius 1 is 1.39 bits per heavy atom. The van der Waals surface area contributed by atoms with Gasteiger partial charge in [-0.15, -0.1) is 0 Å². The lowest BCUT2D eigenvalue weighted by atomic mass is 10.1. The molecule has 5 nitrogen and oxygen atoms in total. The molecule has 2 aliphatic rings. The number of pyridine rings is 1. The summed E-state index contributed by atoms with van der Waals surface area (Å²) in [6.07, 6.45) is 6.64. The van der Waals surface area contributed by atoms with Gasteiger partial charge in [-0.3, -0.25) is 4.79 Å². The first-order chi connectivity index (χ1) is 11.3. The van der Waals surface area contributed by atoms with E-state index >= 15 is 0 Å². The van der Waals surface area contributed by atoms with Crippen molar-refractivity contribution in [2.45, 2.75) is 38.1 Å². The lowest BCUT2D eigenvalue weighted by Gasteiger charge is -2.24. The lowest BCUT2D eigenvalue weighted by molar-refractivity contribution is 0.0715. The Hall–Kier alpha value is -2.30. The number of furan rings is 1. The molecule has 0 aromatic carbocycles. The Bertz CT molecular complexity index is 724. The third-order valence-corrected chi connectivity index (χ3v) is 4.82. The highest BCUT2D eigenvalue weighted by molar-refractivity contribution is 5.97. The molecule has 4 rings (SSSR count). The van der Waals surface area contributed by atoms with E-state index in [1.54, 1.807) is 13.4 Å². The van der Waals surface area contributed by atoms with Crippen molar-refractivity contribution >= 4 is 5.91 Å². The first kappa shape index (κ1) is 14.3. The summed E-state index contributed by atoms with van der Waals surface area (Å²) in [4.78, 5) is 19.5. The predicted octanol–water partition coefficient (Wildman–Crippen LogP) is 3.15. The Morgan fingerprint density at radius 2 is 2.30 bits per heavy atom. The van der Waals surface area contributed by atoms with Crippen LogP contribution >= 0.6 is 0 Å². The van der Waals surface area contributed by atoms with Gasteiger partial charge < -0.3 is 14.1 Å². The summed E-state index contributed by atoms with van der Waals surface area (Å²) in [5.74, 6) is 1.28. The fraction of sp³-hybridized carbons (Fsp3) is 0.444. The zero-order valence-electron chi connectivity index (χ0n) is 13.2. The highest BCUT2D eigenvalue weighted by atomic mass is 16.5. The number of fused-ring (bicyclic) bond motifs is 1. The molecule has 0 unspecified atom stereocenters. The second-order valence-corrected chi connectivity index (χ2v) is 6.18. The van der Waals surface area contributed by atoms with Crippen molar-refractivity contribution in [2.75, 3.05) is 13.7 Å². The molecule has 120 valence electrons. The molecule has 1 fully saturated rings. The quantitative estimate of drug-likeness (QED) is 0.873. The monoisotopic (exact) mass is 312 g/mol. The highest BCUT2D eigenvalue weighted by Crippen LogP contribution is 2.35. The fourth-order valence-electron chi connectivity index (χ4n) is 3.70. The summed E-state index contributed by atoms with van der Waals surface area (Å²) in [5.41, 5.74) is 2.83. The fourth-order valence-corrected chi connectivity index (χ4v) is 3.70. The average molecular weight is 312 g/mol. The van der Waals surface area contributed by atoms with Gasteiger partial charge in [0, 0.05) is 12.2 Å². The van der Waals surface area contributed by atoms with E-state index in [9.17, 15) is 4.79 Å². The van der Waals surface area contributed by atoms with Gasteiger partial charge >= 0.3 is 0 Å². The van der Waals surface area contributed by atoms with E-state index in [1.807, 2.05) is 23.1 Å². The van der Waals surface area contributed by atoms with Gasteiger partial charge in [-0.05, 0) is 55.9 Å². The molecule has 1 saturated heterocycles. The molecule has 1 atom stereocenters. The minimum atomic E-state index is -0.0112. The number of aryl methyl sites for hydroxylation is 2. The highest BCUT2D eigenvalue weighted by Gasteiger charge is 2.34. The van der Waals surface area contributed by atoms with Crippen LogP contribution in [0.2, 0.25) is 0 Å². The van der Waals surface area contributed by atoms with Crippen molar-refractivity contribution in [3.05, 3.63) is 47.0 Å². The first-order valence-corrected chi connectivity index (χ1v) is 8.19. The summed E-state index contributed by atoms with van der Waals surface area (Å²) < 4.78 is 10.9. The van der Waals surface area contributed by atoms with Crippen LogP contribution in [0.5, 0.6) is 5.88 Å². The molecule has 0 saturated carbocycles. The lowest BCUT2D eigenvalue weighted by Crippen LogP contribution is -2.31. The Morgan fingerprint density at radius 3 is 3.09 bits per heavy atom. The molecule has 1 amide bonds. The van der Waals surface area contributed by atoms with E-state index in [4.69, 9.17) is 9.15 Å². The number of rotatable bonds is 3. The minimum Gasteiger partial charge on any atom is -0.480 e. The van der Waals surface area contributed by atoms with Crippen LogP contribution in [-0.4, -0.2) is 29.4 Å². The molecule has 0 bridgehead atoms. The normalized spacial score (nSPS) is 19.9. The maximum absolute atomic E-state index is 13.1. The number of amides is 1. The zero-order valence-corrected chi connectivity index (χ0v) is 13.2. The number of carbonyl (C=O) groups excluding carboxylic acids is 1. The molecule has 0 N–H and O–H groups in total. The van der Waals surface area contributed by atoms with E-state index in [0.29, 0.717) is 11.4 Å². The van der Waals surface area contributed by atoms with Crippen molar-refractivity contribution in [1.82, 2.24) is 9.88 Å². The van der Waals surface area contributed by atoms with Crippen LogP contribution in [0.4, 0.5) is 0 Å². The molecule has 1 aliphatic carbocycles. The molecule has 2 aromatic rings. The summed E-state index contributed by atoms with van der Waals surface area (Å²) in [6.45, 7) is 0.741. The number of likely N-dealkylation sites (tertiary alicyclic amines) is 1. The SMILES string of the molecule is COc1nc2c(cc1C(=O)N1CCC[C@@H]1c1ccco1)CCC2. The number of nitrogens with zero attached hydrogens (tertiary/aromatic N) is 2. The number of methoxy groups -OCH3 is 1. The van der Waals surface area contributed by atoms with Gasteiger partial charge in [0.25, 0.3) is 5.91 Å². The Kier molecular flexibility index (Phi) is 3.56. The summed E-state index contributed by atoms with van der Waals surface area (Å²) >= 11 is 0. The van der Waals surface area contributed by atoms with Crippen molar-refractivity contribution in [3.63, 3.8) is 0 Å². The van der Waals surface area contributed by atoms with Gasteiger partial charge in [0.2, 0.25) is 5.88 Å². The number of ether oxygens (including phenoxy) is 1. The predicted molar refractivity (Wildman–Crippen MR) is 84.5 cm³/mol. The van der Waals surface area contributed by atoms with Crippen LogP contribution in [0, 0.1) is 0 Å². The van der Waals surface area contributed by atoms with Gasteiger partial charge in [-0.25, -0.2) is 4.98 Å². The van der Waals surface area contributed by atoms with Crippen LogP contribution in [0.15, 0.2) is 28.9 Å². The molecule has 0 radical (unpaired) electrons. The standard InChI is InChI=1S/C18H20N2O3/c1-22-17-13(11-12-5-2-6-14(12)19-17)18(21)20-9-3-7-15(20)16-8-4-10-23-16/h4,8,10-11,15H,2-3,5-7,9H2,1H3/t15-/m1/s1. The number of carbonyl (C=O) groups is 1. The van der Waals surface area contributed by atoms with E-state index in [-0.39, 0.29) is 11.9 Å². The zero-order chi connectivity index (χ0) is 15.8. The second-order valence-electron chi connectivity index (χ2n) is 6.18. The maximum atomic E-state index is 13.1. The molecular weight excluding hydrogens is 292 g/mol. The van der Waals surface area contributed by atoms with Gasteiger partial charge in [0.1, 0.15) is 11.3 Å². The van der Waals surface area contributed by atoms with Crippen LogP contribution < -0.4 is 4.74 Å². The van der Waals surface area contributed by atoms with Crippen LogP contribution in [0.25, 0.3) is 0 Å². The van der Waals surface area contributed by atoms with Gasteiger partial charge in [-0.1, -0.05) is 0 Å². The first-order valence-electron chi connectivity index (χ1n) is 8.19. The average Bonchev–Trinajstić information content (AvgIpc) is 3.32. The molecule has 5 heteroatoms. The molecule has 0 spiro atoms. The van der Waals surface area contributed by atoms with Gasteiger partial charge in [-0.2, -0.15) is 0 Å². The summed E-state index contributed by atoms with van der Waals surface area (Å²) in [6, 6.07) is 5.80. The summed E-state index contributed by atoms with van der Waals surface area (Å²) in [7, 11) is 1.58. The summed E-state index contributed by atoms with van der Waals surface area (Å²) in [5, 5.41) is 0.